The Kier molecular flexibility index (Phi) is 30600. The van der Waals surface area contributed by atoms with Crippen LogP contribution in [0.3, 0.4) is 0 Å². The first-order valence-electron chi connectivity index (χ1n) is 0. The summed E-state index contributed by atoms with van der Waals surface area (Å²) < 4.78 is 0. The molecule has 0 spiro atoms. The highest BCUT2D eigenvalue weighted by Gasteiger charge is 0.192. The molecule has 0 rings (SSSR count). The van der Waals surface area contributed by atoms with Gasteiger partial charge in [0.25, 0.3) is 0 Å². The highest BCUT2D eigenvalue weighted by molar-refractivity contribution is 5.76. The molecular weight excluding hydrogens is 322 g/mol. The summed E-state index contributed by atoms with van der Waals surface area (Å²) in [6.45, 7) is 0. The van der Waals surface area contributed by atoms with Crippen LogP contribution in [0, 0.1) is 0 Å². The van der Waals surface area contributed by atoms with E-state index in [0.29, 0.717) is 0 Å². The Labute approximate surface area is 157 Å². The van der Waals surface area contributed by atoms with Crippen LogP contribution in [0.15, 0.2) is 0 Å². The molecular formula is H38Al6O10. The summed E-state index contributed by atoms with van der Waals surface area (Å²) in [6.07, 6.45) is 0. The van der Waals surface area contributed by atoms with E-state index >= 15 is 0 Å². The SMILES string of the molecule is O.O.O.O.O.O.O.O.O.O.[AlH3].[AlH3].[AlH3].[AlH3].[AlH3].[AlH3]. The zero-order chi connectivity index (χ0) is 0. The lowest BCUT2D eigenvalue weighted by molar-refractivity contribution is 0.823. The van der Waals surface area contributed by atoms with Crippen LogP contribution in [0.1, 0.15) is 0 Å². The van der Waals surface area contributed by atoms with Crippen LogP contribution in [-0.4, -0.2) is 159 Å². The van der Waals surface area contributed by atoms with Crippen molar-refractivity contribution in [3.05, 3.63) is 0 Å². The van der Waals surface area contributed by atoms with Crippen molar-refractivity contribution in [2.24, 2.45) is 0 Å². The van der Waals surface area contributed by atoms with E-state index < -0.39 is 0 Å². The lowest BCUT2D eigenvalue weighted by Gasteiger charge is -0.413. The Morgan fingerprint density at radius 1 is 0.125 bits per heavy atom. The molecule has 0 aliphatic carbocycles. The normalized spacial score (nSPS) is 0. The average Bonchev–Trinajstić information content (AvgIpc) is 0. The number of hydrogen-bond donors (Lipinski definition) is 0. The van der Waals surface area contributed by atoms with E-state index in [2.05, 4.69) is 0 Å². The predicted molar refractivity (Wildman–Crippen MR) is 95.8 cm³/mol. The first kappa shape index (κ1) is 762. The van der Waals surface area contributed by atoms with Gasteiger partial charge in [0.05, 0.1) is 0 Å². The summed E-state index contributed by atoms with van der Waals surface area (Å²) in [5.41, 5.74) is 0. The number of hydrogen-bond acceptors (Lipinski definition) is 0. The molecule has 16 heavy (non-hydrogen) atoms. The van der Waals surface area contributed by atoms with Crippen LogP contribution in [0.2, 0.25) is 0 Å². The highest BCUT2D eigenvalue weighted by Crippen LogP contribution is -0.280. The van der Waals surface area contributed by atoms with E-state index in [9.17, 15) is 0 Å². The van der Waals surface area contributed by atoms with Gasteiger partial charge in [-0.3, -0.25) is 0 Å². The lowest BCUT2D eigenvalue weighted by Crippen LogP contribution is -0.382. The standard InChI is InChI=1S/6Al.10H2O.18H/h;;;;;;10*1H2;;;;;;;;;;;;;;;;;;. The molecule has 0 aliphatic rings. The molecule has 0 atom stereocenters. The third kappa shape index (κ3) is 536. The van der Waals surface area contributed by atoms with Crippen molar-refractivity contribution >= 4 is 104 Å². The van der Waals surface area contributed by atoms with Crippen molar-refractivity contribution in [2.75, 3.05) is 0 Å². The summed E-state index contributed by atoms with van der Waals surface area (Å²) in [5.74, 6) is 0. The first-order valence-corrected chi connectivity index (χ1v) is 0. The topological polar surface area (TPSA) is 315 Å². The summed E-state index contributed by atoms with van der Waals surface area (Å²) >= 11 is 0. The van der Waals surface area contributed by atoms with Crippen LogP contribution in [-0.2, 0) is 0 Å². The molecule has 0 amide bonds. The van der Waals surface area contributed by atoms with E-state index in [1.54, 1.807) is 0 Å². The minimum atomic E-state index is 0. The van der Waals surface area contributed by atoms with Crippen LogP contribution in [0.4, 0.5) is 0 Å². The minimum Gasteiger partial charge on any atom is -0.412 e. The van der Waals surface area contributed by atoms with Crippen molar-refractivity contribution in [3.63, 3.8) is 0 Å². The van der Waals surface area contributed by atoms with Gasteiger partial charge in [0.2, 0.25) is 0 Å². The molecule has 0 bridgehead atoms. The van der Waals surface area contributed by atoms with E-state index in [4.69, 9.17) is 0 Å². The van der Waals surface area contributed by atoms with E-state index in [1.807, 2.05) is 0 Å². The minimum absolute atomic E-state index is 0. The van der Waals surface area contributed by atoms with Crippen molar-refractivity contribution in [1.82, 2.24) is 0 Å². The van der Waals surface area contributed by atoms with Crippen molar-refractivity contribution in [3.8, 4) is 0 Å². The van der Waals surface area contributed by atoms with E-state index in [-0.39, 0.29) is 159 Å². The highest BCUT2D eigenvalue weighted by atomic mass is 27.0. The first-order chi connectivity index (χ1) is 0. The van der Waals surface area contributed by atoms with Crippen molar-refractivity contribution in [1.29, 1.82) is 0 Å². The van der Waals surface area contributed by atoms with Crippen LogP contribution in [0.5, 0.6) is 0 Å². The molecule has 20 N–H and O–H groups in total. The molecule has 16 heteroatoms. The van der Waals surface area contributed by atoms with Gasteiger partial charge in [0.1, 0.15) is 0 Å². The zero-order valence-electron chi connectivity index (χ0n) is 5.00. The van der Waals surface area contributed by atoms with Gasteiger partial charge in [-0.15, -0.1) is 0 Å². The fourth-order valence-electron chi connectivity index (χ4n) is 0. The molecule has 116 valence electrons. The molecule has 0 aromatic heterocycles. The van der Waals surface area contributed by atoms with Crippen LogP contribution in [0.25, 0.3) is 0 Å². The summed E-state index contributed by atoms with van der Waals surface area (Å²) in [6, 6.07) is 0. The summed E-state index contributed by atoms with van der Waals surface area (Å²) in [5, 5.41) is 0. The second-order valence-corrected chi connectivity index (χ2v) is 0. The second kappa shape index (κ2) is 643. The van der Waals surface area contributed by atoms with Gasteiger partial charge in [-0.2, -0.15) is 0 Å². The monoisotopic (exact) mass is 360 g/mol. The van der Waals surface area contributed by atoms with Gasteiger partial charge in [0.15, 0.2) is 104 Å². The molecule has 0 saturated carbocycles. The largest absolute Gasteiger partial charge is 0.412 e. The van der Waals surface area contributed by atoms with Gasteiger partial charge in [-0.1, -0.05) is 0 Å². The third-order valence-corrected chi connectivity index (χ3v) is 0. The van der Waals surface area contributed by atoms with Crippen molar-refractivity contribution < 1.29 is 54.8 Å². The quantitative estimate of drug-likeness (QED) is 0.363. The van der Waals surface area contributed by atoms with Gasteiger partial charge in [0, 0.05) is 0 Å². The maximum Gasteiger partial charge on any atom is 0.187 e. The number of rotatable bonds is 0. The van der Waals surface area contributed by atoms with Gasteiger partial charge >= 0.3 is 0 Å². The molecule has 0 aromatic carbocycles. The molecule has 0 heterocycles. The second-order valence-electron chi connectivity index (χ2n) is 0. The van der Waals surface area contributed by atoms with E-state index in [1.165, 1.54) is 0 Å². The van der Waals surface area contributed by atoms with Gasteiger partial charge in [-0.05, 0) is 0 Å². The average molecular weight is 360 g/mol. The molecule has 0 fully saturated rings. The predicted octanol–water partition coefficient (Wildman–Crippen LogP) is -15.4. The smallest absolute Gasteiger partial charge is 0.187 e. The summed E-state index contributed by atoms with van der Waals surface area (Å²) in [7, 11) is 0. The van der Waals surface area contributed by atoms with Crippen molar-refractivity contribution in [2.45, 2.75) is 0 Å². The fraction of sp³-hybridized carbons (Fsp3) is 0. The molecule has 0 radical (unpaired) electrons. The van der Waals surface area contributed by atoms with Crippen LogP contribution >= 0.6 is 0 Å². The Bertz CT molecular complexity index is 15.3. The summed E-state index contributed by atoms with van der Waals surface area (Å²) in [4.78, 5) is 0. The Morgan fingerprint density at radius 2 is 0.125 bits per heavy atom. The lowest BCUT2D eigenvalue weighted by atomic mass is 16.0. The molecule has 0 aromatic rings. The van der Waals surface area contributed by atoms with Gasteiger partial charge in [-0.25, -0.2) is 0 Å². The molecule has 0 unspecified atom stereocenters. The molecule has 0 aliphatic heterocycles. The Hall–Kier alpha value is 2.79. The molecule has 10 nitrogen and oxygen atoms in total. The van der Waals surface area contributed by atoms with Gasteiger partial charge < -0.3 is 54.8 Å². The third-order valence-electron chi connectivity index (χ3n) is 0. The Balaban J connectivity index is 0. The zero-order valence-corrected chi connectivity index (χ0v) is 5.00. The van der Waals surface area contributed by atoms with Crippen LogP contribution < -0.4 is 0 Å². The van der Waals surface area contributed by atoms with E-state index in [0.717, 1.165) is 0 Å². The maximum absolute atomic E-state index is 0. The Morgan fingerprint density at radius 3 is 0.125 bits per heavy atom. The molecule has 0 saturated heterocycles. The maximum atomic E-state index is 0. The fourth-order valence-corrected chi connectivity index (χ4v) is 0.